The number of rotatable bonds is 5. The van der Waals surface area contributed by atoms with Crippen LogP contribution in [0.25, 0.3) is 11.3 Å². The Balaban J connectivity index is 2.07. The van der Waals surface area contributed by atoms with Gasteiger partial charge in [0.05, 0.1) is 16.5 Å². The third-order valence-corrected chi connectivity index (χ3v) is 4.99. The summed E-state index contributed by atoms with van der Waals surface area (Å²) in [6, 6.07) is 9.49. The lowest BCUT2D eigenvalue weighted by atomic mass is 10.1. The number of allylic oxidation sites excluding steroid dienone is 6. The molecular formula is C19H19N3O2S. The van der Waals surface area contributed by atoms with Gasteiger partial charge < -0.3 is 5.73 Å². The summed E-state index contributed by atoms with van der Waals surface area (Å²) in [6.45, 7) is 2.10. The van der Waals surface area contributed by atoms with Crippen molar-refractivity contribution in [3.63, 3.8) is 0 Å². The molecule has 1 heterocycles. The molecule has 3 rings (SSSR count). The van der Waals surface area contributed by atoms with E-state index in [1.807, 2.05) is 54.8 Å². The second-order valence-corrected chi connectivity index (χ2v) is 7.14. The molecule has 5 nitrogen and oxygen atoms in total. The van der Waals surface area contributed by atoms with Crippen molar-refractivity contribution in [3.8, 4) is 5.69 Å². The number of hydrogen-bond donors (Lipinski definition) is 1. The Morgan fingerprint density at radius 2 is 2.04 bits per heavy atom. The van der Waals surface area contributed by atoms with Crippen molar-refractivity contribution >= 4 is 22.3 Å². The summed E-state index contributed by atoms with van der Waals surface area (Å²) >= 11 is 0. The molecule has 0 bridgehead atoms. The van der Waals surface area contributed by atoms with Crippen LogP contribution in [0.2, 0.25) is 0 Å². The van der Waals surface area contributed by atoms with Crippen LogP contribution in [0, 0.1) is 5.92 Å². The zero-order valence-electron chi connectivity index (χ0n) is 13.8. The third-order valence-electron chi connectivity index (χ3n) is 3.75. The first kappa shape index (κ1) is 17.1. The first-order valence-electron chi connectivity index (χ1n) is 7.93. The molecule has 0 saturated heterocycles. The highest BCUT2D eigenvalue weighted by Gasteiger charge is 2.18. The lowest BCUT2D eigenvalue weighted by Gasteiger charge is -2.06. The largest absolute Gasteiger partial charge is 0.369 e. The quantitative estimate of drug-likeness (QED) is 0.897. The highest BCUT2D eigenvalue weighted by molar-refractivity contribution is 7.85. The minimum absolute atomic E-state index is 0.255. The van der Waals surface area contributed by atoms with E-state index in [9.17, 15) is 9.00 Å². The number of primary amides is 1. The molecule has 2 atom stereocenters. The molecule has 0 radical (unpaired) electrons. The first-order valence-corrected chi connectivity index (χ1v) is 9.25. The van der Waals surface area contributed by atoms with Gasteiger partial charge in [-0.25, -0.2) is 4.98 Å². The fourth-order valence-corrected chi connectivity index (χ4v) is 3.48. The number of para-hydroxylation sites is 1. The van der Waals surface area contributed by atoms with E-state index in [-0.39, 0.29) is 5.75 Å². The van der Waals surface area contributed by atoms with Gasteiger partial charge in [0.25, 0.3) is 0 Å². The van der Waals surface area contributed by atoms with E-state index < -0.39 is 16.7 Å². The van der Waals surface area contributed by atoms with Gasteiger partial charge in [-0.3, -0.25) is 13.6 Å². The molecule has 0 saturated carbocycles. The van der Waals surface area contributed by atoms with Crippen LogP contribution < -0.4 is 5.73 Å². The maximum absolute atomic E-state index is 12.5. The predicted octanol–water partition coefficient (Wildman–Crippen LogP) is 2.61. The Bertz CT molecular complexity index is 895. The topological polar surface area (TPSA) is 78.0 Å². The molecule has 1 aliphatic rings. The number of nitrogens with zero attached hydrogens (tertiary/aromatic N) is 2. The molecular weight excluding hydrogens is 334 g/mol. The van der Waals surface area contributed by atoms with E-state index in [2.05, 4.69) is 24.1 Å². The minimum Gasteiger partial charge on any atom is -0.369 e. The zero-order chi connectivity index (χ0) is 17.8. The summed E-state index contributed by atoms with van der Waals surface area (Å²) in [5.41, 5.74) is 7.66. The van der Waals surface area contributed by atoms with Crippen molar-refractivity contribution in [3.05, 3.63) is 72.6 Å². The number of aromatic nitrogens is 2. The summed E-state index contributed by atoms with van der Waals surface area (Å²) in [7, 11) is -1.61. The fraction of sp³-hybridized carbons (Fsp3) is 0.158. The first-order chi connectivity index (χ1) is 12.0. The smallest absolute Gasteiger partial charge is 0.230 e. The molecule has 2 N–H and O–H groups in total. The van der Waals surface area contributed by atoms with E-state index >= 15 is 0 Å². The number of carbonyl (C=O) groups excluding carboxylic acids is 1. The van der Waals surface area contributed by atoms with Crippen LogP contribution in [0.4, 0.5) is 0 Å². The highest BCUT2D eigenvalue weighted by Crippen LogP contribution is 2.23. The Labute approximate surface area is 149 Å². The van der Waals surface area contributed by atoms with Crippen molar-refractivity contribution in [1.29, 1.82) is 0 Å². The molecule has 2 unspecified atom stereocenters. The Hall–Kier alpha value is -2.73. The van der Waals surface area contributed by atoms with Crippen LogP contribution in [0.15, 0.2) is 72.1 Å². The van der Waals surface area contributed by atoms with Crippen LogP contribution in [0.1, 0.15) is 12.6 Å². The van der Waals surface area contributed by atoms with E-state index in [0.29, 0.717) is 16.8 Å². The highest BCUT2D eigenvalue weighted by atomic mass is 32.2. The number of benzene rings is 1. The van der Waals surface area contributed by atoms with E-state index in [1.165, 1.54) is 0 Å². The van der Waals surface area contributed by atoms with Crippen LogP contribution in [-0.2, 0) is 15.6 Å². The van der Waals surface area contributed by atoms with E-state index in [4.69, 9.17) is 5.73 Å². The second kappa shape index (κ2) is 7.44. The van der Waals surface area contributed by atoms with Crippen molar-refractivity contribution in [2.24, 2.45) is 11.7 Å². The van der Waals surface area contributed by atoms with Crippen molar-refractivity contribution < 1.29 is 9.00 Å². The van der Waals surface area contributed by atoms with Crippen molar-refractivity contribution in [2.45, 2.75) is 12.1 Å². The van der Waals surface area contributed by atoms with Gasteiger partial charge in [0.15, 0.2) is 0 Å². The van der Waals surface area contributed by atoms with Crippen LogP contribution in [0.5, 0.6) is 0 Å². The molecule has 0 fully saturated rings. The van der Waals surface area contributed by atoms with Gasteiger partial charge in [0, 0.05) is 17.5 Å². The third kappa shape index (κ3) is 4.03. The Morgan fingerprint density at radius 1 is 1.28 bits per heavy atom. The number of amides is 1. The van der Waals surface area contributed by atoms with Gasteiger partial charge >= 0.3 is 0 Å². The molecule has 1 amide bonds. The summed E-state index contributed by atoms with van der Waals surface area (Å²) in [4.78, 5) is 15.7. The van der Waals surface area contributed by atoms with Crippen LogP contribution in [0.3, 0.4) is 0 Å². The average molecular weight is 353 g/mol. The monoisotopic (exact) mass is 353 g/mol. The maximum atomic E-state index is 12.5. The predicted molar refractivity (Wildman–Crippen MR) is 99.5 cm³/mol. The lowest BCUT2D eigenvalue weighted by Crippen LogP contribution is -2.21. The lowest BCUT2D eigenvalue weighted by molar-refractivity contribution is -0.115. The number of carbonyl (C=O) groups is 1. The van der Waals surface area contributed by atoms with Gasteiger partial charge in [-0.1, -0.05) is 55.5 Å². The van der Waals surface area contributed by atoms with Crippen LogP contribution >= 0.6 is 0 Å². The molecule has 1 aromatic heterocycles. The normalized spacial score (nSPS) is 17.8. The molecule has 6 heteroatoms. The number of nitrogens with two attached hydrogens (primary N) is 1. The second-order valence-electron chi connectivity index (χ2n) is 5.80. The van der Waals surface area contributed by atoms with Gasteiger partial charge in [-0.15, -0.1) is 0 Å². The van der Waals surface area contributed by atoms with Gasteiger partial charge in [-0.05, 0) is 18.1 Å². The van der Waals surface area contributed by atoms with Crippen molar-refractivity contribution in [2.75, 3.05) is 5.75 Å². The molecule has 128 valence electrons. The van der Waals surface area contributed by atoms with Gasteiger partial charge in [0.1, 0.15) is 5.75 Å². The molecule has 0 spiro atoms. The summed E-state index contributed by atoms with van der Waals surface area (Å²) in [6.07, 6.45) is 12.0. The van der Waals surface area contributed by atoms with Crippen molar-refractivity contribution in [1.82, 2.24) is 9.55 Å². The zero-order valence-corrected chi connectivity index (χ0v) is 14.6. The molecule has 0 aliphatic heterocycles. The Morgan fingerprint density at radius 3 is 2.76 bits per heavy atom. The number of imidazole rings is 1. The summed E-state index contributed by atoms with van der Waals surface area (Å²) < 4.78 is 14.3. The number of hydrogen-bond acceptors (Lipinski definition) is 3. The molecule has 25 heavy (non-hydrogen) atoms. The van der Waals surface area contributed by atoms with E-state index in [0.717, 1.165) is 11.3 Å². The minimum atomic E-state index is -1.61. The summed E-state index contributed by atoms with van der Waals surface area (Å²) in [5, 5.41) is 0.315. The fourth-order valence-electron chi connectivity index (χ4n) is 2.51. The molecule has 2 aromatic rings. The Kier molecular flexibility index (Phi) is 5.09. The van der Waals surface area contributed by atoms with E-state index in [1.54, 1.807) is 4.57 Å². The molecule has 1 aliphatic carbocycles. The van der Waals surface area contributed by atoms with Gasteiger partial charge in [-0.2, -0.15) is 0 Å². The maximum Gasteiger partial charge on any atom is 0.230 e. The summed E-state index contributed by atoms with van der Waals surface area (Å²) in [5.74, 6) is -0.531. The average Bonchev–Trinajstić information content (AvgIpc) is 2.92. The standard InChI is InChI=1S/C19H19N3O2S/c1-14-6-5-7-15(11-10-14)17-12-22(16-8-3-2-4-9-16)19(21-17)25(24)13-18(20)23/h2-12,14H,13H2,1H3,(H2,20,23). The molecule has 1 aromatic carbocycles. The van der Waals surface area contributed by atoms with Gasteiger partial charge in [0.2, 0.25) is 11.1 Å². The SMILES string of the molecule is CC1C=CC=C(c2cn(-c3ccccc3)c(S(=O)CC(N)=O)n2)C=C1. The van der Waals surface area contributed by atoms with Crippen LogP contribution in [-0.4, -0.2) is 25.4 Å².